The highest BCUT2D eigenvalue weighted by molar-refractivity contribution is 5.76. The number of amides is 1. The van der Waals surface area contributed by atoms with E-state index in [-0.39, 0.29) is 12.3 Å². The molecule has 1 aromatic carbocycles. The van der Waals surface area contributed by atoms with E-state index >= 15 is 0 Å². The Morgan fingerprint density at radius 2 is 2.00 bits per heavy atom. The fraction of sp³-hybridized carbons (Fsp3) is 0.125. The van der Waals surface area contributed by atoms with Crippen molar-refractivity contribution < 1.29 is 14.9 Å². The third kappa shape index (κ3) is 2.25. The fourth-order valence-electron chi connectivity index (χ4n) is 0.869. The number of hydrogen-bond acceptors (Lipinski definition) is 3. The summed E-state index contributed by atoms with van der Waals surface area (Å²) in [4.78, 5) is 14.4. The molecule has 4 heteroatoms. The first kappa shape index (κ1) is 8.55. The van der Waals surface area contributed by atoms with Crippen molar-refractivity contribution in [1.82, 2.24) is 0 Å². The number of benzene rings is 1. The molecule has 1 amide bonds. The Morgan fingerprint density at radius 3 is 2.42 bits per heavy atom. The van der Waals surface area contributed by atoms with Gasteiger partial charge in [-0.1, -0.05) is 12.1 Å². The van der Waals surface area contributed by atoms with Gasteiger partial charge in [-0.3, -0.25) is 4.79 Å². The Balaban J connectivity index is 2.71. The fourth-order valence-corrected chi connectivity index (χ4v) is 0.869. The number of rotatable bonds is 3. The number of carbonyl (C=O) groups excluding carboxylic acids is 1. The highest BCUT2D eigenvalue weighted by atomic mass is 17.1. The molecule has 0 aromatic heterocycles. The van der Waals surface area contributed by atoms with E-state index < -0.39 is 0 Å². The molecule has 4 nitrogen and oxygen atoms in total. The SMILES string of the molecule is NC(=O)Cc1ccc(OO)cc1. The molecule has 1 rings (SSSR count). The Hall–Kier alpha value is -1.55. The molecule has 0 saturated carbocycles. The Bertz CT molecular complexity index is 268. The lowest BCUT2D eigenvalue weighted by molar-refractivity contribution is -0.137. The molecule has 0 fully saturated rings. The van der Waals surface area contributed by atoms with Crippen molar-refractivity contribution in [2.75, 3.05) is 0 Å². The van der Waals surface area contributed by atoms with E-state index in [9.17, 15) is 4.79 Å². The van der Waals surface area contributed by atoms with Gasteiger partial charge in [0.2, 0.25) is 5.91 Å². The maximum absolute atomic E-state index is 10.5. The molecule has 3 N–H and O–H groups in total. The van der Waals surface area contributed by atoms with Gasteiger partial charge in [0.05, 0.1) is 6.42 Å². The van der Waals surface area contributed by atoms with Crippen LogP contribution in [0.5, 0.6) is 5.75 Å². The van der Waals surface area contributed by atoms with Crippen molar-refractivity contribution in [3.8, 4) is 5.75 Å². The van der Waals surface area contributed by atoms with Gasteiger partial charge in [0.1, 0.15) is 0 Å². The van der Waals surface area contributed by atoms with Crippen LogP contribution in [-0.2, 0) is 11.2 Å². The maximum Gasteiger partial charge on any atom is 0.221 e. The average molecular weight is 167 g/mol. The van der Waals surface area contributed by atoms with Crippen LogP contribution < -0.4 is 10.6 Å². The lowest BCUT2D eigenvalue weighted by Gasteiger charge is -1.98. The number of hydrogen-bond donors (Lipinski definition) is 2. The van der Waals surface area contributed by atoms with Crippen LogP contribution in [0.15, 0.2) is 24.3 Å². The van der Waals surface area contributed by atoms with Gasteiger partial charge in [0.25, 0.3) is 0 Å². The first-order valence-corrected chi connectivity index (χ1v) is 3.41. The van der Waals surface area contributed by atoms with Crippen LogP contribution in [0.3, 0.4) is 0 Å². The minimum Gasteiger partial charge on any atom is -0.369 e. The number of carbonyl (C=O) groups is 1. The molecule has 0 spiro atoms. The molecule has 0 saturated heterocycles. The minimum atomic E-state index is -0.382. The van der Waals surface area contributed by atoms with Crippen molar-refractivity contribution in [1.29, 1.82) is 0 Å². The van der Waals surface area contributed by atoms with E-state index in [0.717, 1.165) is 5.56 Å². The number of primary amides is 1. The van der Waals surface area contributed by atoms with Crippen molar-refractivity contribution in [3.05, 3.63) is 29.8 Å². The molecule has 0 radical (unpaired) electrons. The molecule has 0 aliphatic rings. The zero-order chi connectivity index (χ0) is 8.97. The van der Waals surface area contributed by atoms with Crippen molar-refractivity contribution in [2.45, 2.75) is 6.42 Å². The van der Waals surface area contributed by atoms with E-state index in [4.69, 9.17) is 11.0 Å². The van der Waals surface area contributed by atoms with Crippen LogP contribution in [0, 0.1) is 0 Å². The van der Waals surface area contributed by atoms with Crippen LogP contribution in [0.2, 0.25) is 0 Å². The normalized spacial score (nSPS) is 9.42. The van der Waals surface area contributed by atoms with Gasteiger partial charge in [-0.2, -0.15) is 0 Å². The molecular formula is C8H9NO3. The van der Waals surface area contributed by atoms with Gasteiger partial charge in [-0.05, 0) is 17.7 Å². The largest absolute Gasteiger partial charge is 0.369 e. The zero-order valence-electron chi connectivity index (χ0n) is 6.36. The third-order valence-corrected chi connectivity index (χ3v) is 1.41. The van der Waals surface area contributed by atoms with E-state index in [1.165, 1.54) is 0 Å². The molecule has 0 unspecified atom stereocenters. The highest BCUT2D eigenvalue weighted by Gasteiger charge is 1.98. The molecule has 0 atom stereocenters. The second-order valence-electron chi connectivity index (χ2n) is 2.38. The predicted molar refractivity (Wildman–Crippen MR) is 42.6 cm³/mol. The summed E-state index contributed by atoms with van der Waals surface area (Å²) in [5, 5.41) is 8.22. The summed E-state index contributed by atoms with van der Waals surface area (Å²) in [6, 6.07) is 6.43. The van der Waals surface area contributed by atoms with Crippen molar-refractivity contribution >= 4 is 5.91 Å². The van der Waals surface area contributed by atoms with Crippen molar-refractivity contribution in [3.63, 3.8) is 0 Å². The van der Waals surface area contributed by atoms with Gasteiger partial charge in [-0.15, -0.1) is 0 Å². The highest BCUT2D eigenvalue weighted by Crippen LogP contribution is 2.10. The summed E-state index contributed by atoms with van der Waals surface area (Å²) in [5.74, 6) is -0.0455. The Morgan fingerprint density at radius 1 is 1.42 bits per heavy atom. The van der Waals surface area contributed by atoms with Gasteiger partial charge < -0.3 is 10.6 Å². The lowest BCUT2D eigenvalue weighted by Crippen LogP contribution is -2.13. The molecule has 0 aliphatic carbocycles. The van der Waals surface area contributed by atoms with E-state index in [1.807, 2.05) is 0 Å². The summed E-state index contributed by atoms with van der Waals surface area (Å²) < 4.78 is 0. The molecule has 64 valence electrons. The lowest BCUT2D eigenvalue weighted by atomic mass is 10.1. The van der Waals surface area contributed by atoms with Crippen LogP contribution in [0.1, 0.15) is 5.56 Å². The third-order valence-electron chi connectivity index (χ3n) is 1.41. The standard InChI is InChI=1S/C8H9NO3/c9-8(10)5-6-1-3-7(12-11)4-2-6/h1-4,11H,5H2,(H2,9,10). The molecule has 0 heterocycles. The minimum absolute atomic E-state index is 0.200. The second kappa shape index (κ2) is 3.73. The molecule has 12 heavy (non-hydrogen) atoms. The van der Waals surface area contributed by atoms with E-state index in [1.54, 1.807) is 24.3 Å². The van der Waals surface area contributed by atoms with E-state index in [2.05, 4.69) is 4.89 Å². The van der Waals surface area contributed by atoms with Gasteiger partial charge in [0.15, 0.2) is 5.75 Å². The van der Waals surface area contributed by atoms with Crippen LogP contribution >= 0.6 is 0 Å². The summed E-state index contributed by atoms with van der Waals surface area (Å²) in [5.41, 5.74) is 5.77. The first-order chi connectivity index (χ1) is 5.72. The van der Waals surface area contributed by atoms with E-state index in [0.29, 0.717) is 5.75 Å². The van der Waals surface area contributed by atoms with Crippen LogP contribution in [0.4, 0.5) is 0 Å². The second-order valence-corrected chi connectivity index (χ2v) is 2.38. The molecule has 1 aromatic rings. The monoisotopic (exact) mass is 167 g/mol. The smallest absolute Gasteiger partial charge is 0.221 e. The van der Waals surface area contributed by atoms with Crippen molar-refractivity contribution in [2.24, 2.45) is 5.73 Å². The topological polar surface area (TPSA) is 72.6 Å². The van der Waals surface area contributed by atoms with Gasteiger partial charge in [0, 0.05) is 0 Å². The maximum atomic E-state index is 10.5. The summed E-state index contributed by atoms with van der Waals surface area (Å²) in [6.07, 6.45) is 0.200. The Labute approximate surface area is 69.5 Å². The summed E-state index contributed by atoms with van der Waals surface area (Å²) in [6.45, 7) is 0. The zero-order valence-corrected chi connectivity index (χ0v) is 6.36. The summed E-state index contributed by atoms with van der Waals surface area (Å²) >= 11 is 0. The molecule has 0 aliphatic heterocycles. The van der Waals surface area contributed by atoms with Crippen LogP contribution in [-0.4, -0.2) is 11.2 Å². The Kier molecular flexibility index (Phi) is 2.66. The number of nitrogens with two attached hydrogens (primary N) is 1. The quantitative estimate of drug-likeness (QED) is 0.510. The first-order valence-electron chi connectivity index (χ1n) is 3.41. The summed E-state index contributed by atoms with van der Waals surface area (Å²) in [7, 11) is 0. The molecule has 0 bridgehead atoms. The van der Waals surface area contributed by atoms with Gasteiger partial charge >= 0.3 is 0 Å². The average Bonchev–Trinajstić information content (AvgIpc) is 2.05. The van der Waals surface area contributed by atoms with Crippen LogP contribution in [0.25, 0.3) is 0 Å². The predicted octanol–water partition coefficient (Wildman–Crippen LogP) is 0.566. The van der Waals surface area contributed by atoms with Gasteiger partial charge in [-0.25, -0.2) is 5.26 Å². The molecular weight excluding hydrogens is 158 g/mol.